The molecule has 1 saturated heterocycles. The van der Waals surface area contributed by atoms with Crippen LogP contribution in [-0.4, -0.2) is 54.4 Å². The number of halogens is 2. The van der Waals surface area contributed by atoms with Crippen molar-refractivity contribution in [2.45, 2.75) is 38.3 Å². The number of alkyl halides is 2. The number of hydrogen-bond donors (Lipinski definition) is 1. The standard InChI is InChI=1S/C26H25F2N9O3/c1-14(37-13-31-22-21(37)24(39)36(9-8-29)25(40)34(22)2)23(38)33-19-5-3-4-18(32-19)15-6-7-20(30-10-15)35-11-16-17(12-35)26(16,27)28/h4,6-7,10,13-14,16-17H,3,5,9,11-12H2,1-2H3,(H,32,33,38)/t14-,16?,17?/m0/s1. The molecule has 0 aromatic carbocycles. The Morgan fingerprint density at radius 1 is 1.25 bits per heavy atom. The molecule has 1 amide bonds. The van der Waals surface area contributed by atoms with Crippen molar-refractivity contribution < 1.29 is 13.6 Å². The zero-order chi connectivity index (χ0) is 28.3. The number of carbonyl (C=O) groups is 1. The summed E-state index contributed by atoms with van der Waals surface area (Å²) in [5, 5.41) is 11.9. The number of amidine groups is 1. The fourth-order valence-electron chi connectivity index (χ4n) is 5.45. The first kappa shape index (κ1) is 25.6. The van der Waals surface area contributed by atoms with Gasteiger partial charge in [-0.25, -0.2) is 33.1 Å². The summed E-state index contributed by atoms with van der Waals surface area (Å²) in [5.74, 6) is -3.06. The minimum atomic E-state index is -2.55. The van der Waals surface area contributed by atoms with E-state index in [2.05, 4.69) is 20.3 Å². The third-order valence-electron chi connectivity index (χ3n) is 7.89. The highest BCUT2D eigenvalue weighted by Crippen LogP contribution is 2.59. The number of amides is 1. The van der Waals surface area contributed by atoms with E-state index < -0.39 is 47.5 Å². The molecule has 40 heavy (non-hydrogen) atoms. The molecule has 3 aliphatic rings. The molecule has 2 unspecified atom stereocenters. The van der Waals surface area contributed by atoms with E-state index in [1.807, 2.05) is 17.0 Å². The predicted octanol–water partition coefficient (Wildman–Crippen LogP) is 1.43. The molecular formula is C26H25F2N9O3. The van der Waals surface area contributed by atoms with Crippen LogP contribution in [0.3, 0.4) is 0 Å². The maximum atomic E-state index is 13.5. The van der Waals surface area contributed by atoms with E-state index in [1.54, 1.807) is 25.3 Å². The van der Waals surface area contributed by atoms with Gasteiger partial charge in [-0.3, -0.25) is 14.2 Å². The van der Waals surface area contributed by atoms with Crippen LogP contribution in [0.4, 0.5) is 14.6 Å². The second-order valence-electron chi connectivity index (χ2n) is 10.3. The number of nitriles is 1. The zero-order valence-corrected chi connectivity index (χ0v) is 21.7. The van der Waals surface area contributed by atoms with Gasteiger partial charge < -0.3 is 14.8 Å². The van der Waals surface area contributed by atoms with Gasteiger partial charge in [-0.1, -0.05) is 6.08 Å². The first-order valence-corrected chi connectivity index (χ1v) is 12.8. The number of anilines is 1. The van der Waals surface area contributed by atoms with Gasteiger partial charge in [0.2, 0.25) is 5.91 Å². The molecule has 3 aromatic rings. The number of hydrogen-bond acceptors (Lipinski definition) is 8. The van der Waals surface area contributed by atoms with Crippen LogP contribution < -0.4 is 21.5 Å². The Bertz CT molecular complexity index is 1750. The fraction of sp³-hybridized carbons (Fsp3) is 0.423. The van der Waals surface area contributed by atoms with Crippen molar-refractivity contribution in [3.8, 4) is 6.07 Å². The highest BCUT2D eigenvalue weighted by molar-refractivity contribution is 6.02. The van der Waals surface area contributed by atoms with Crippen molar-refractivity contribution in [3.05, 3.63) is 57.1 Å². The SMILES string of the molecule is C[C@@H](C(=O)NC1=NC(c2ccc(N3CC4C(C3)C4(F)F)nc2)=CCC1)n1cnc2c1c(=O)n(CC#N)c(=O)n2C. The van der Waals surface area contributed by atoms with Crippen LogP contribution in [0.1, 0.15) is 31.4 Å². The molecule has 3 aromatic heterocycles. The molecule has 1 saturated carbocycles. The van der Waals surface area contributed by atoms with Gasteiger partial charge in [0.15, 0.2) is 11.2 Å². The van der Waals surface area contributed by atoms with Gasteiger partial charge in [-0.15, -0.1) is 0 Å². The van der Waals surface area contributed by atoms with Gasteiger partial charge in [-0.2, -0.15) is 5.26 Å². The third-order valence-corrected chi connectivity index (χ3v) is 7.89. The second kappa shape index (κ2) is 9.22. The van der Waals surface area contributed by atoms with E-state index in [4.69, 9.17) is 5.26 Å². The molecule has 6 rings (SSSR count). The quantitative estimate of drug-likeness (QED) is 0.507. The van der Waals surface area contributed by atoms with Crippen molar-refractivity contribution in [1.29, 1.82) is 5.26 Å². The van der Waals surface area contributed by atoms with Crippen molar-refractivity contribution in [3.63, 3.8) is 0 Å². The van der Waals surface area contributed by atoms with E-state index in [9.17, 15) is 23.2 Å². The van der Waals surface area contributed by atoms with Crippen molar-refractivity contribution in [2.75, 3.05) is 18.0 Å². The number of nitrogens with one attached hydrogen (secondary N) is 1. The predicted molar refractivity (Wildman–Crippen MR) is 141 cm³/mol. The van der Waals surface area contributed by atoms with Gasteiger partial charge in [0, 0.05) is 38.3 Å². The molecule has 206 valence electrons. The van der Waals surface area contributed by atoms with Crippen molar-refractivity contribution in [2.24, 2.45) is 23.9 Å². The maximum absolute atomic E-state index is 13.5. The topological polar surface area (TPSA) is 143 Å². The summed E-state index contributed by atoms with van der Waals surface area (Å²) < 4.78 is 30.4. The minimum Gasteiger partial charge on any atom is -0.356 e. The van der Waals surface area contributed by atoms with Crippen LogP contribution in [0.5, 0.6) is 0 Å². The van der Waals surface area contributed by atoms with Gasteiger partial charge in [-0.05, 0) is 25.5 Å². The third kappa shape index (κ3) is 4.00. The van der Waals surface area contributed by atoms with Gasteiger partial charge in [0.1, 0.15) is 24.2 Å². The molecular weight excluding hydrogens is 524 g/mol. The Balaban J connectivity index is 1.18. The van der Waals surface area contributed by atoms with E-state index in [1.165, 1.54) is 22.5 Å². The maximum Gasteiger partial charge on any atom is 0.333 e. The lowest BCUT2D eigenvalue weighted by Gasteiger charge is -2.21. The number of piperidine rings is 1. The summed E-state index contributed by atoms with van der Waals surface area (Å²) in [6.07, 6.45) is 6.02. The van der Waals surface area contributed by atoms with Crippen molar-refractivity contribution in [1.82, 2.24) is 29.0 Å². The molecule has 5 heterocycles. The lowest BCUT2D eigenvalue weighted by atomic mass is 10.1. The number of allylic oxidation sites excluding steroid dienone is 1. The van der Waals surface area contributed by atoms with E-state index in [0.29, 0.717) is 43.3 Å². The molecule has 12 nitrogen and oxygen atoms in total. The summed E-state index contributed by atoms with van der Waals surface area (Å²) >= 11 is 0. The van der Waals surface area contributed by atoms with Gasteiger partial charge in [0.25, 0.3) is 11.5 Å². The van der Waals surface area contributed by atoms with E-state index in [0.717, 1.165) is 10.1 Å². The van der Waals surface area contributed by atoms with Crippen LogP contribution in [0, 0.1) is 23.2 Å². The number of rotatable bonds is 5. The lowest BCUT2D eigenvalue weighted by Crippen LogP contribution is -2.40. The molecule has 0 spiro atoms. The first-order chi connectivity index (χ1) is 19.1. The number of pyridine rings is 1. The molecule has 1 aliphatic carbocycles. The number of nitrogens with zero attached hydrogens (tertiary/aromatic N) is 8. The average molecular weight is 550 g/mol. The van der Waals surface area contributed by atoms with Crippen LogP contribution in [0.15, 0.2) is 45.3 Å². The normalized spacial score (nSPS) is 21.8. The summed E-state index contributed by atoms with van der Waals surface area (Å²) in [6.45, 7) is 1.77. The number of fused-ring (bicyclic) bond motifs is 2. The van der Waals surface area contributed by atoms with E-state index in [-0.39, 0.29) is 11.2 Å². The highest BCUT2D eigenvalue weighted by atomic mass is 19.3. The molecule has 0 radical (unpaired) electrons. The summed E-state index contributed by atoms with van der Waals surface area (Å²) in [6, 6.07) is 4.56. The van der Waals surface area contributed by atoms with E-state index >= 15 is 0 Å². The van der Waals surface area contributed by atoms with Crippen LogP contribution in [0.25, 0.3) is 16.9 Å². The Hall–Kier alpha value is -4.67. The molecule has 2 fully saturated rings. The average Bonchev–Trinajstić information content (AvgIpc) is 3.38. The van der Waals surface area contributed by atoms with Gasteiger partial charge in [0.05, 0.1) is 29.9 Å². The molecule has 2 aliphatic heterocycles. The first-order valence-electron chi connectivity index (χ1n) is 12.8. The minimum absolute atomic E-state index is 0.0383. The molecule has 0 bridgehead atoms. The fourth-order valence-corrected chi connectivity index (χ4v) is 5.45. The van der Waals surface area contributed by atoms with Crippen LogP contribution in [-0.2, 0) is 18.4 Å². The largest absolute Gasteiger partial charge is 0.356 e. The Kier molecular flexibility index (Phi) is 5.90. The molecule has 14 heteroatoms. The molecule has 3 atom stereocenters. The Morgan fingerprint density at radius 2 is 2.00 bits per heavy atom. The number of carbonyl (C=O) groups excluding carboxylic acids is 1. The smallest absolute Gasteiger partial charge is 0.333 e. The van der Waals surface area contributed by atoms with Crippen molar-refractivity contribution >= 4 is 34.4 Å². The lowest BCUT2D eigenvalue weighted by molar-refractivity contribution is -0.122. The number of imidazole rings is 1. The highest BCUT2D eigenvalue weighted by Gasteiger charge is 2.71. The van der Waals surface area contributed by atoms with Crippen LogP contribution >= 0.6 is 0 Å². The van der Waals surface area contributed by atoms with Gasteiger partial charge >= 0.3 is 5.69 Å². The number of aromatic nitrogens is 5. The monoisotopic (exact) mass is 549 g/mol. The summed E-state index contributed by atoms with van der Waals surface area (Å²) in [7, 11) is 1.44. The summed E-state index contributed by atoms with van der Waals surface area (Å²) in [5.41, 5.74) is 0.145. The second-order valence-corrected chi connectivity index (χ2v) is 10.3. The zero-order valence-electron chi connectivity index (χ0n) is 21.7. The number of aryl methyl sites for hydroxylation is 1. The Morgan fingerprint density at radius 3 is 2.67 bits per heavy atom. The number of aliphatic imine (C=N–C) groups is 1. The summed E-state index contributed by atoms with van der Waals surface area (Å²) in [4.78, 5) is 53.7. The molecule has 1 N–H and O–H groups in total. The van der Waals surface area contributed by atoms with Crippen LogP contribution in [0.2, 0.25) is 0 Å². The Labute approximate surface area is 225 Å².